The summed E-state index contributed by atoms with van der Waals surface area (Å²) < 4.78 is 50.6. The monoisotopic (exact) mass is 1410 g/mol. The van der Waals surface area contributed by atoms with Crippen LogP contribution in [-0.4, -0.2) is 17.4 Å². The number of aryl methyl sites for hydroxylation is 6. The minimum Gasteiger partial charge on any atom is -0.451 e. The van der Waals surface area contributed by atoms with E-state index in [-0.39, 0.29) is 62.9 Å². The summed E-state index contributed by atoms with van der Waals surface area (Å²) in [7, 11) is 0.233. The Kier molecular flexibility index (Phi) is 18.7. The van der Waals surface area contributed by atoms with Crippen LogP contribution < -0.4 is 27.6 Å². The van der Waals surface area contributed by atoms with E-state index < -0.39 is 5.41 Å². The van der Waals surface area contributed by atoms with Crippen molar-refractivity contribution in [3.05, 3.63) is 236 Å². The predicted octanol–water partition coefficient (Wildman–Crippen LogP) is 25.3. The maximum absolute atomic E-state index is 7.20. The van der Waals surface area contributed by atoms with Crippen LogP contribution in [0.1, 0.15) is 203 Å². The molecule has 8 aromatic carbocycles. The molecule has 4 unspecified atom stereocenters. The third kappa shape index (κ3) is 13.2. The van der Waals surface area contributed by atoms with Crippen LogP contribution in [0.4, 0.5) is 0 Å². The van der Waals surface area contributed by atoms with Gasteiger partial charge in [-0.05, 0) is 181 Å². The van der Waals surface area contributed by atoms with Crippen molar-refractivity contribution in [1.29, 1.82) is 0 Å². The van der Waals surface area contributed by atoms with Crippen LogP contribution in [0.25, 0.3) is 43.6 Å². The summed E-state index contributed by atoms with van der Waals surface area (Å²) in [5.74, 6) is 6.11. The van der Waals surface area contributed by atoms with Gasteiger partial charge in [0, 0.05) is 77.4 Å². The molecule has 4 atom stereocenters. The average molecular weight is 1410 g/mol. The van der Waals surface area contributed by atoms with Crippen molar-refractivity contribution in [3.8, 4) is 46.0 Å². The van der Waals surface area contributed by atoms with Crippen molar-refractivity contribution in [1.82, 2.24) is 17.4 Å². The number of nitrogens with zero attached hydrogens (tertiary/aromatic N) is 4. The van der Waals surface area contributed by atoms with E-state index in [0.29, 0.717) is 0 Å². The summed E-state index contributed by atoms with van der Waals surface area (Å²) in [5.41, 5.74) is 20.4. The van der Waals surface area contributed by atoms with Gasteiger partial charge in [-0.2, -0.15) is 0 Å². The van der Waals surface area contributed by atoms with Crippen LogP contribution in [0, 0.1) is 27.7 Å². The van der Waals surface area contributed by atoms with Crippen molar-refractivity contribution < 1.29 is 27.6 Å². The minimum atomic E-state index is -0.416. The number of benzene rings is 8. The fourth-order valence-corrected chi connectivity index (χ4v) is 17.3. The van der Waals surface area contributed by atoms with E-state index in [1.165, 1.54) is 99.8 Å². The molecule has 0 bridgehead atoms. The highest BCUT2D eigenvalue weighted by Crippen LogP contribution is 2.60. The molecule has 520 valence electrons. The summed E-state index contributed by atoms with van der Waals surface area (Å²) >= 11 is 0. The zero-order chi connectivity index (χ0) is 71.5. The first-order valence-corrected chi connectivity index (χ1v) is 38.7. The molecule has 12 aromatic rings. The summed E-state index contributed by atoms with van der Waals surface area (Å²) in [6.45, 7) is 49.3. The molecule has 0 N–H and O–H groups in total. The molecule has 0 saturated carbocycles. The van der Waals surface area contributed by atoms with E-state index in [1.807, 2.05) is 0 Å². The molecule has 4 aromatic heterocycles. The van der Waals surface area contributed by atoms with Gasteiger partial charge in [-0.25, -0.2) is 0 Å². The lowest BCUT2D eigenvalue weighted by Gasteiger charge is -2.38. The van der Waals surface area contributed by atoms with Gasteiger partial charge in [-0.1, -0.05) is 197 Å². The summed E-state index contributed by atoms with van der Waals surface area (Å²) in [6, 6.07) is 57.5. The van der Waals surface area contributed by atoms with Gasteiger partial charge in [-0.3, -0.25) is 17.4 Å². The van der Waals surface area contributed by atoms with Crippen molar-refractivity contribution in [2.45, 2.75) is 198 Å². The van der Waals surface area contributed by atoms with Crippen LogP contribution >= 0.6 is 35.8 Å². The second-order valence-corrected chi connectivity index (χ2v) is 36.0. The number of aromatic nitrogens is 4. The van der Waals surface area contributed by atoms with Gasteiger partial charge < -0.3 is 27.6 Å². The Morgan fingerprint density at radius 1 is 0.320 bits per heavy atom. The maximum Gasteiger partial charge on any atom is 0.182 e. The van der Waals surface area contributed by atoms with E-state index in [0.717, 1.165) is 81.1 Å². The number of hydrogen-bond donors (Lipinski definition) is 0. The van der Waals surface area contributed by atoms with Crippen LogP contribution in [0.2, 0.25) is 0 Å². The Labute approximate surface area is 600 Å². The van der Waals surface area contributed by atoms with E-state index in [9.17, 15) is 0 Å². The van der Waals surface area contributed by atoms with Crippen LogP contribution in [-0.2, 0) is 45.3 Å². The molecule has 0 amide bonds. The third-order valence-electron chi connectivity index (χ3n) is 20.6. The highest BCUT2D eigenvalue weighted by molar-refractivity contribution is 7.32. The van der Waals surface area contributed by atoms with Crippen molar-refractivity contribution >= 4 is 79.4 Å². The fraction of sp³-hybridized carbons (Fsp3) is 0.349. The first kappa shape index (κ1) is 70.9. The Morgan fingerprint density at radius 2 is 0.580 bits per heavy atom. The van der Waals surface area contributed by atoms with E-state index in [1.54, 1.807) is 0 Å². The Bertz CT molecular complexity index is 4810. The van der Waals surface area contributed by atoms with E-state index in [4.69, 9.17) is 27.6 Å². The highest BCUT2D eigenvalue weighted by Gasteiger charge is 2.43. The third-order valence-corrected chi connectivity index (χ3v) is 25.0. The molecular formula is C86H100N4O6P4. The van der Waals surface area contributed by atoms with Gasteiger partial charge in [0.2, 0.25) is 0 Å². The largest absolute Gasteiger partial charge is 0.451 e. The molecule has 0 aliphatic carbocycles. The second kappa shape index (κ2) is 26.4. The maximum atomic E-state index is 7.20. The normalized spacial score (nSPS) is 14.5. The molecule has 2 aliphatic rings. The molecule has 14 rings (SSSR count). The van der Waals surface area contributed by atoms with Gasteiger partial charge in [0.05, 0.1) is 22.1 Å². The molecule has 0 fully saturated rings. The lowest BCUT2D eigenvalue weighted by Crippen LogP contribution is -2.27. The predicted molar refractivity (Wildman–Crippen MR) is 428 cm³/mol. The molecule has 14 heteroatoms. The Balaban J connectivity index is 0.000000189. The van der Waals surface area contributed by atoms with Gasteiger partial charge in [0.15, 0.2) is 81.8 Å². The number of fused-ring (bicyclic) bond motifs is 10. The van der Waals surface area contributed by atoms with Crippen molar-refractivity contribution in [3.63, 3.8) is 0 Å². The Morgan fingerprint density at radius 3 is 0.850 bits per heavy atom. The molecule has 10 nitrogen and oxygen atoms in total. The van der Waals surface area contributed by atoms with E-state index in [2.05, 4.69) is 327 Å². The number of ether oxygens (including phenoxy) is 2. The quantitative estimate of drug-likeness (QED) is 0.101. The molecular weight excluding hydrogens is 1310 g/mol. The molecule has 2 aliphatic heterocycles. The molecule has 0 spiro atoms. The van der Waals surface area contributed by atoms with Crippen molar-refractivity contribution in [2.75, 3.05) is 0 Å². The SMILES string of the molecule is CCc1ccc2c(c1)c1ccccc1n2POc1cc(C(C)(C)C)cc2c1Oc1c(OPn3c4ccccc4c4cc(CC)ccc43)cc(C(C)(C)C)cc1C2(C)C.Cc1ccc(C)n1POc1cc(C(C)(C)C)cc2c1Oc1c(OPn3c(C)ccc3C)cc(C(C)(C)C)cc1C2(C)C. The van der Waals surface area contributed by atoms with Crippen LogP contribution in [0.3, 0.4) is 0 Å². The smallest absolute Gasteiger partial charge is 0.182 e. The fourth-order valence-electron chi connectivity index (χ4n) is 13.9. The van der Waals surface area contributed by atoms with Gasteiger partial charge >= 0.3 is 0 Å². The number of rotatable bonds is 14. The first-order chi connectivity index (χ1) is 47.1. The summed E-state index contributed by atoms with van der Waals surface area (Å²) in [4.78, 5) is 0. The lowest BCUT2D eigenvalue weighted by molar-refractivity contribution is 0.384. The Hall–Kier alpha value is -7.56. The number of para-hydroxylation sites is 2. The molecule has 6 heterocycles. The molecule has 0 saturated heterocycles. The lowest BCUT2D eigenvalue weighted by atomic mass is 9.72. The standard InChI is InChI=1S/C51H54N2O3P2.C35H46N2O3P2/c1-11-31-21-23-43-37(25-31)35-17-13-15-19-41(35)52(43)57-55-45-29-33(49(3,4)5)27-39-47(45)54-48-40(51(39,9)10)28-34(50(6,7)8)30-46(48)56-58-53-42-20-16-14-18-36(42)38-26-32(12-2)22-24-44(38)53;1-21-13-14-22(2)36(21)41-39-29-19-25(33(5,6)7)17-27-31(29)38-32-28(35(27,11)12)18-26(34(8,9)10)20-30(32)40-42-37-23(3)15-16-24(37)4/h13-30,57-58H,11-12H2,1-10H3;13-20,41-42H,1-12H3. The average Bonchev–Trinajstić information content (AvgIpc) is 1.08. The minimum absolute atomic E-state index is 0.00325. The summed E-state index contributed by atoms with van der Waals surface area (Å²) in [6.07, 6.45) is 1.99. The zero-order valence-electron chi connectivity index (χ0n) is 62.7. The topological polar surface area (TPSA) is 75.1 Å². The van der Waals surface area contributed by atoms with Crippen LogP contribution in [0.15, 0.2) is 158 Å². The zero-order valence-corrected chi connectivity index (χ0v) is 66.7. The van der Waals surface area contributed by atoms with Crippen LogP contribution in [0.5, 0.6) is 46.0 Å². The van der Waals surface area contributed by atoms with Crippen molar-refractivity contribution in [2.24, 2.45) is 0 Å². The van der Waals surface area contributed by atoms with E-state index >= 15 is 0 Å². The van der Waals surface area contributed by atoms with Gasteiger partial charge in [-0.15, -0.1) is 0 Å². The summed E-state index contributed by atoms with van der Waals surface area (Å²) in [5, 5.41) is 5.00. The van der Waals surface area contributed by atoms with Gasteiger partial charge in [0.25, 0.3) is 0 Å². The first-order valence-electron chi connectivity index (χ1n) is 35.3. The molecule has 100 heavy (non-hydrogen) atoms. The highest BCUT2D eigenvalue weighted by atomic mass is 31.1. The molecule has 0 radical (unpaired) electrons. The second-order valence-electron chi connectivity index (χ2n) is 32.7. The number of hydrogen-bond acceptors (Lipinski definition) is 6. The van der Waals surface area contributed by atoms with Gasteiger partial charge in [0.1, 0.15) is 0 Å².